The molecule has 264 valence electrons. The first-order valence-electron chi connectivity index (χ1n) is 15.1. The summed E-state index contributed by atoms with van der Waals surface area (Å²) < 4.78 is 9.11. The van der Waals surface area contributed by atoms with Crippen molar-refractivity contribution in [2.45, 2.75) is 80.5 Å². The quantitative estimate of drug-likeness (QED) is 0.151. The van der Waals surface area contributed by atoms with Crippen LogP contribution in [0.2, 0.25) is 0 Å². The maximum atomic E-state index is 12.5. The Balaban J connectivity index is -0.00000102. The molecule has 0 saturated carbocycles. The van der Waals surface area contributed by atoms with Gasteiger partial charge in [-0.05, 0) is 50.9 Å². The monoisotopic (exact) mass is 656 g/mol. The highest BCUT2D eigenvalue weighted by Crippen LogP contribution is 2.10. The summed E-state index contributed by atoms with van der Waals surface area (Å²) in [7, 11) is 3.18. The van der Waals surface area contributed by atoms with Crippen molar-refractivity contribution in [3.05, 3.63) is 29.8 Å². The number of nitrogens with two attached hydrogens (primary N) is 1. The number of amides is 5. The molecular weight excluding hydrogens is 600 g/mol. The average Bonchev–Trinajstić information content (AvgIpc) is 2.98. The Morgan fingerprint density at radius 1 is 0.957 bits per heavy atom. The van der Waals surface area contributed by atoms with Gasteiger partial charge in [0.05, 0.1) is 13.1 Å². The molecule has 7 N–H and O–H groups in total. The lowest BCUT2D eigenvalue weighted by Gasteiger charge is -2.25. The summed E-state index contributed by atoms with van der Waals surface area (Å²) in [5.74, 6) is -2.49. The molecule has 0 aliphatic rings. The molecule has 0 saturated heterocycles. The Morgan fingerprint density at radius 2 is 1.52 bits per heavy atom. The summed E-state index contributed by atoms with van der Waals surface area (Å²) in [4.78, 5) is 69.0. The highest BCUT2D eigenvalue weighted by Gasteiger charge is 2.25. The molecule has 0 radical (unpaired) electrons. The highest BCUT2D eigenvalue weighted by molar-refractivity contribution is 5.96. The third-order valence-corrected chi connectivity index (χ3v) is 5.46. The number of carbonyl (C=O) groups excluding carboxylic acids is 5. The Bertz CT molecular complexity index is 1030. The minimum atomic E-state index is -0.933. The molecule has 15 heteroatoms. The van der Waals surface area contributed by atoms with E-state index in [1.54, 1.807) is 24.3 Å². The fraction of sp³-hybridized carbons (Fsp3) is 0.613. The molecule has 0 aliphatic carbocycles. The number of hydrogen-bond donors (Lipinski definition) is 6. The lowest BCUT2D eigenvalue weighted by atomic mass is 10.0. The van der Waals surface area contributed by atoms with Crippen molar-refractivity contribution >= 4 is 41.4 Å². The smallest absolute Gasteiger partial charge is 0.329 e. The van der Waals surface area contributed by atoms with Gasteiger partial charge < -0.3 is 41.6 Å². The number of carboxylic acid groups (broad SMARTS) is 1. The van der Waals surface area contributed by atoms with Gasteiger partial charge in [-0.2, -0.15) is 0 Å². The number of carboxylic acids is 1. The second-order valence-corrected chi connectivity index (χ2v) is 10.2. The van der Waals surface area contributed by atoms with Gasteiger partial charge in [-0.3, -0.25) is 24.1 Å². The molecule has 1 unspecified atom stereocenters. The Morgan fingerprint density at radius 3 is 1.89 bits per heavy atom. The molecule has 1 rings (SSSR count). The summed E-state index contributed by atoms with van der Waals surface area (Å²) in [6, 6.07) is 5.85. The minimum absolute atomic E-state index is 0.138. The van der Waals surface area contributed by atoms with E-state index in [1.807, 2.05) is 60.4 Å². The first-order valence-corrected chi connectivity index (χ1v) is 15.1. The van der Waals surface area contributed by atoms with E-state index in [-0.39, 0.29) is 50.1 Å². The number of hydrogen-bond acceptors (Lipinski definition) is 9. The molecule has 15 nitrogen and oxygen atoms in total. The molecule has 0 heterocycles. The predicted octanol–water partition coefficient (Wildman–Crippen LogP) is 2.09. The van der Waals surface area contributed by atoms with Crippen LogP contribution in [0, 0.1) is 5.92 Å². The normalized spacial score (nSPS) is 10.5. The number of esters is 1. The van der Waals surface area contributed by atoms with Crippen LogP contribution in [0.3, 0.4) is 0 Å². The van der Waals surface area contributed by atoms with Gasteiger partial charge in [0.1, 0.15) is 19.3 Å². The third kappa shape index (κ3) is 27.3. The van der Waals surface area contributed by atoms with Crippen molar-refractivity contribution in [3.63, 3.8) is 0 Å². The number of urea groups is 1. The van der Waals surface area contributed by atoms with E-state index in [1.165, 1.54) is 14.0 Å². The standard InChI is InChI=1S/C22H34N4O5.C4H10N2O.C3H6O3.C2H6/c1-14(2)21(25-20(29)12-26(6)15(3)4)22(30)23-11-19(28)24-18-9-7-17(8-10-18)13-31-16(5)27;1-2-3-6-4(5)7;1-6-2-3(4)5;1-2/h7-10,14-15,21H,11-13H2,1-6H3,(H,23,30)(H,24,28)(H,25,29);2-3H2,1H3,(H3,5,6,7);2H2,1H3,(H,4,5);1-2H3. The number of ether oxygens (including phenoxy) is 2. The maximum absolute atomic E-state index is 12.5. The van der Waals surface area contributed by atoms with Crippen LogP contribution < -0.4 is 27.0 Å². The van der Waals surface area contributed by atoms with Crippen molar-refractivity contribution in [1.82, 2.24) is 20.9 Å². The molecule has 0 fully saturated rings. The van der Waals surface area contributed by atoms with Crippen LogP contribution in [-0.2, 0) is 40.1 Å². The van der Waals surface area contributed by atoms with E-state index in [4.69, 9.17) is 15.6 Å². The molecule has 0 aliphatic heterocycles. The molecule has 1 aromatic carbocycles. The zero-order valence-electron chi connectivity index (χ0n) is 29.0. The molecule has 0 spiro atoms. The Kier molecular flexibility index (Phi) is 28.4. The largest absolute Gasteiger partial charge is 0.480 e. The SMILES string of the molecule is CC.CC(=O)OCc1ccc(NC(=O)CNC(=O)C(NC(=O)CN(C)C(C)C)C(C)C)cc1.CCCNC(N)=O.COCC(=O)O. The number of aliphatic carboxylic acids is 1. The second kappa shape index (κ2) is 28.2. The first kappa shape index (κ1) is 46.2. The predicted molar refractivity (Wildman–Crippen MR) is 177 cm³/mol. The number of carbonyl (C=O) groups is 6. The van der Waals surface area contributed by atoms with Gasteiger partial charge in [0, 0.05) is 32.3 Å². The maximum Gasteiger partial charge on any atom is 0.329 e. The van der Waals surface area contributed by atoms with Crippen LogP contribution in [0.15, 0.2) is 24.3 Å². The average molecular weight is 657 g/mol. The third-order valence-electron chi connectivity index (χ3n) is 5.46. The van der Waals surface area contributed by atoms with Gasteiger partial charge in [0.25, 0.3) is 0 Å². The zero-order valence-corrected chi connectivity index (χ0v) is 29.0. The highest BCUT2D eigenvalue weighted by atomic mass is 16.5. The number of benzene rings is 1. The number of nitrogens with one attached hydrogen (secondary N) is 4. The van der Waals surface area contributed by atoms with Gasteiger partial charge >= 0.3 is 18.0 Å². The molecule has 5 amide bonds. The number of methoxy groups -OCH3 is 1. The van der Waals surface area contributed by atoms with Crippen molar-refractivity contribution < 1.29 is 43.3 Å². The van der Waals surface area contributed by atoms with E-state index in [0.717, 1.165) is 12.0 Å². The second-order valence-electron chi connectivity index (χ2n) is 10.2. The molecule has 0 aromatic heterocycles. The number of primary amides is 1. The van der Waals surface area contributed by atoms with Crippen LogP contribution in [0.5, 0.6) is 0 Å². The molecule has 1 atom stereocenters. The fourth-order valence-corrected chi connectivity index (χ4v) is 2.89. The van der Waals surface area contributed by atoms with Gasteiger partial charge in [0.15, 0.2) is 0 Å². The number of nitrogens with zero attached hydrogens (tertiary/aromatic N) is 1. The van der Waals surface area contributed by atoms with Crippen molar-refractivity contribution in [1.29, 1.82) is 0 Å². The van der Waals surface area contributed by atoms with Crippen LogP contribution in [0.4, 0.5) is 10.5 Å². The topological polar surface area (TPSA) is 218 Å². The number of anilines is 1. The molecule has 0 bridgehead atoms. The minimum Gasteiger partial charge on any atom is -0.480 e. The summed E-state index contributed by atoms with van der Waals surface area (Å²) in [6.45, 7) is 15.5. The van der Waals surface area contributed by atoms with Gasteiger partial charge in [0.2, 0.25) is 17.7 Å². The number of rotatable bonds is 15. The van der Waals surface area contributed by atoms with Crippen LogP contribution in [0.25, 0.3) is 0 Å². The Hall–Kier alpha value is -4.24. The van der Waals surface area contributed by atoms with Crippen LogP contribution in [0.1, 0.15) is 67.4 Å². The molecule has 1 aromatic rings. The molecular formula is C31H56N6O9. The molecule has 46 heavy (non-hydrogen) atoms. The van der Waals surface area contributed by atoms with E-state index in [0.29, 0.717) is 12.2 Å². The first-order chi connectivity index (χ1) is 21.5. The summed E-state index contributed by atoms with van der Waals surface area (Å²) in [6.07, 6.45) is 0.933. The Labute approximate surface area is 273 Å². The summed E-state index contributed by atoms with van der Waals surface area (Å²) >= 11 is 0. The van der Waals surface area contributed by atoms with Crippen molar-refractivity contribution in [2.24, 2.45) is 11.7 Å². The van der Waals surface area contributed by atoms with Gasteiger partial charge in [-0.15, -0.1) is 0 Å². The van der Waals surface area contributed by atoms with Crippen LogP contribution >= 0.6 is 0 Å². The van der Waals surface area contributed by atoms with Crippen molar-refractivity contribution in [3.8, 4) is 0 Å². The van der Waals surface area contributed by atoms with Gasteiger partial charge in [-0.1, -0.05) is 46.8 Å². The fourth-order valence-electron chi connectivity index (χ4n) is 2.89. The van der Waals surface area contributed by atoms with Crippen LogP contribution in [-0.4, -0.2) is 98.2 Å². The van der Waals surface area contributed by atoms with E-state index < -0.39 is 29.9 Å². The zero-order chi connectivity index (χ0) is 36.2. The lowest BCUT2D eigenvalue weighted by Crippen LogP contribution is -2.53. The lowest BCUT2D eigenvalue weighted by molar-refractivity contribution is -0.142. The van der Waals surface area contributed by atoms with E-state index in [9.17, 15) is 28.8 Å². The van der Waals surface area contributed by atoms with E-state index >= 15 is 0 Å². The summed E-state index contributed by atoms with van der Waals surface area (Å²) in [5, 5.41) is 18.2. The van der Waals surface area contributed by atoms with E-state index in [2.05, 4.69) is 26.0 Å². The van der Waals surface area contributed by atoms with Gasteiger partial charge in [-0.25, -0.2) is 9.59 Å². The summed E-state index contributed by atoms with van der Waals surface area (Å²) in [5.41, 5.74) is 6.07. The van der Waals surface area contributed by atoms with Crippen molar-refractivity contribution in [2.75, 3.05) is 45.7 Å². The number of likely N-dealkylation sites (N-methyl/N-ethyl adjacent to an activating group) is 1.